The van der Waals surface area contributed by atoms with Crippen LogP contribution in [-0.2, 0) is 4.74 Å². The molecule has 0 aliphatic rings. The normalized spacial score (nSPS) is 11.0. The average molecular weight is 473 g/mol. The maximum absolute atomic E-state index is 13.3. The van der Waals surface area contributed by atoms with E-state index < -0.39 is 29.2 Å². The van der Waals surface area contributed by atoms with Crippen molar-refractivity contribution in [2.75, 3.05) is 6.61 Å². The molecule has 0 radical (unpaired) electrons. The number of thiazole rings is 1. The summed E-state index contributed by atoms with van der Waals surface area (Å²) >= 11 is 2.26. The van der Waals surface area contributed by atoms with Crippen molar-refractivity contribution in [1.29, 1.82) is 0 Å². The zero-order chi connectivity index (χ0) is 23.0. The van der Waals surface area contributed by atoms with Crippen LogP contribution in [0.25, 0.3) is 15.7 Å². The molecule has 3 aromatic heterocycles. The Balaban J connectivity index is 1.94. The molecule has 0 atom stereocenters. The molecule has 4 aromatic rings. The molecular formula is C22H17FN2O5S2. The lowest BCUT2D eigenvalue weighted by molar-refractivity contribution is 0.0531. The number of thiophene rings is 1. The first-order chi connectivity index (χ1) is 15.3. The van der Waals surface area contributed by atoms with Gasteiger partial charge in [0.2, 0.25) is 5.88 Å². The van der Waals surface area contributed by atoms with Crippen molar-refractivity contribution in [3.05, 3.63) is 69.3 Å². The molecule has 0 fully saturated rings. The van der Waals surface area contributed by atoms with E-state index in [9.17, 15) is 24.2 Å². The molecular weight excluding hydrogens is 455 g/mol. The second-order valence-electron chi connectivity index (χ2n) is 6.68. The molecule has 0 unspecified atom stereocenters. The van der Waals surface area contributed by atoms with Gasteiger partial charge in [0.25, 0.3) is 0 Å². The summed E-state index contributed by atoms with van der Waals surface area (Å²) in [4.78, 5) is 30.7. The molecule has 3 heterocycles. The molecule has 0 aliphatic heterocycles. The van der Waals surface area contributed by atoms with E-state index in [1.807, 2.05) is 0 Å². The van der Waals surface area contributed by atoms with Gasteiger partial charge in [-0.2, -0.15) is 0 Å². The highest BCUT2D eigenvalue weighted by molar-refractivity contribution is 7.16. The van der Waals surface area contributed by atoms with E-state index in [-0.39, 0.29) is 33.4 Å². The number of aromatic nitrogens is 2. The highest BCUT2D eigenvalue weighted by atomic mass is 32.1. The van der Waals surface area contributed by atoms with Crippen LogP contribution in [0.15, 0.2) is 41.8 Å². The van der Waals surface area contributed by atoms with Crippen LogP contribution >= 0.6 is 22.7 Å². The van der Waals surface area contributed by atoms with Gasteiger partial charge >= 0.3 is 5.97 Å². The highest BCUT2D eigenvalue weighted by Gasteiger charge is 2.32. The number of rotatable bonds is 6. The monoisotopic (exact) mass is 472 g/mol. The molecule has 0 amide bonds. The van der Waals surface area contributed by atoms with E-state index in [0.717, 1.165) is 23.5 Å². The number of nitrogens with zero attached hydrogens (tertiary/aromatic N) is 2. The number of esters is 1. The summed E-state index contributed by atoms with van der Waals surface area (Å²) in [5.41, 5.74) is 0.592. The van der Waals surface area contributed by atoms with Gasteiger partial charge in [0.15, 0.2) is 16.7 Å². The molecule has 0 spiro atoms. The number of aryl methyl sites for hydroxylation is 1. The Morgan fingerprint density at radius 1 is 1.19 bits per heavy atom. The largest absolute Gasteiger partial charge is 0.503 e. The molecule has 0 bridgehead atoms. The summed E-state index contributed by atoms with van der Waals surface area (Å²) in [6.45, 7) is 3.51. The van der Waals surface area contributed by atoms with Crippen LogP contribution in [0.4, 0.5) is 4.39 Å². The first-order valence-corrected chi connectivity index (χ1v) is 11.2. The minimum atomic E-state index is -0.631. The predicted octanol–water partition coefficient (Wildman–Crippen LogP) is 4.93. The number of hydrogen-bond acceptors (Lipinski definition) is 8. The number of halogens is 1. The molecule has 2 N–H and O–H groups in total. The van der Waals surface area contributed by atoms with Crippen molar-refractivity contribution in [2.24, 2.45) is 0 Å². The van der Waals surface area contributed by atoms with Gasteiger partial charge in [0.05, 0.1) is 28.4 Å². The zero-order valence-corrected chi connectivity index (χ0v) is 18.6. The maximum atomic E-state index is 13.3. The third-order valence-electron chi connectivity index (χ3n) is 4.65. The summed E-state index contributed by atoms with van der Waals surface area (Å²) in [5, 5.41) is 23.5. The van der Waals surface area contributed by atoms with Crippen LogP contribution in [-0.4, -0.2) is 38.1 Å². The Morgan fingerprint density at radius 3 is 2.53 bits per heavy atom. The topological polar surface area (TPSA) is 102 Å². The van der Waals surface area contributed by atoms with Crippen LogP contribution in [0.1, 0.15) is 38.2 Å². The fraction of sp³-hybridized carbons (Fsp3) is 0.136. The first kappa shape index (κ1) is 21.7. The standard InChI is InChI=1S/C22H17FN2O5S2/c1-3-30-21(29)19-11(2)24-22(32-19)25-16(14-5-4-10-31-14)15(18(27)20(25)28)17(26)12-6-8-13(23)9-7-12/h4-10,27-28H,3H2,1-2H3. The van der Waals surface area contributed by atoms with E-state index in [1.165, 1.54) is 28.0 Å². The average Bonchev–Trinajstić information content (AvgIpc) is 3.48. The van der Waals surface area contributed by atoms with E-state index in [4.69, 9.17) is 4.74 Å². The summed E-state index contributed by atoms with van der Waals surface area (Å²) in [6, 6.07) is 8.37. The van der Waals surface area contributed by atoms with E-state index >= 15 is 0 Å². The molecule has 0 aliphatic carbocycles. The quantitative estimate of drug-likeness (QED) is 0.305. The number of hydrogen-bond donors (Lipinski definition) is 2. The Kier molecular flexibility index (Phi) is 5.81. The minimum Gasteiger partial charge on any atom is -0.503 e. The van der Waals surface area contributed by atoms with Crippen LogP contribution in [0.3, 0.4) is 0 Å². The number of aromatic hydroxyl groups is 2. The van der Waals surface area contributed by atoms with Crippen molar-refractivity contribution in [3.63, 3.8) is 0 Å². The maximum Gasteiger partial charge on any atom is 0.350 e. The number of ether oxygens (including phenoxy) is 1. The summed E-state index contributed by atoms with van der Waals surface area (Å²) in [6.07, 6.45) is 0. The molecule has 1 aromatic carbocycles. The second-order valence-corrected chi connectivity index (χ2v) is 8.60. The summed E-state index contributed by atoms with van der Waals surface area (Å²) in [5.74, 6) is -2.88. The van der Waals surface area contributed by atoms with Gasteiger partial charge < -0.3 is 14.9 Å². The zero-order valence-electron chi connectivity index (χ0n) is 17.0. The van der Waals surface area contributed by atoms with E-state index in [0.29, 0.717) is 10.6 Å². The molecule has 32 heavy (non-hydrogen) atoms. The van der Waals surface area contributed by atoms with Gasteiger partial charge in [0, 0.05) is 5.56 Å². The van der Waals surface area contributed by atoms with Crippen LogP contribution < -0.4 is 0 Å². The Bertz CT molecular complexity index is 1310. The number of carbonyl (C=O) groups is 2. The minimum absolute atomic E-state index is 0.138. The predicted molar refractivity (Wildman–Crippen MR) is 119 cm³/mol. The lowest BCUT2D eigenvalue weighted by Crippen LogP contribution is -2.04. The number of carbonyl (C=O) groups excluding carboxylic acids is 2. The van der Waals surface area contributed by atoms with Crippen LogP contribution in [0, 0.1) is 12.7 Å². The molecule has 0 saturated heterocycles. The molecule has 4 rings (SSSR count). The van der Waals surface area contributed by atoms with Crippen molar-refractivity contribution < 1.29 is 28.9 Å². The third-order valence-corrected chi connectivity index (χ3v) is 6.65. The molecule has 7 nitrogen and oxygen atoms in total. The number of benzene rings is 1. The van der Waals surface area contributed by atoms with Crippen molar-refractivity contribution in [1.82, 2.24) is 9.55 Å². The fourth-order valence-corrected chi connectivity index (χ4v) is 4.94. The van der Waals surface area contributed by atoms with Gasteiger partial charge in [-0.05, 0) is 49.6 Å². The highest BCUT2D eigenvalue weighted by Crippen LogP contribution is 2.46. The van der Waals surface area contributed by atoms with Crippen LogP contribution in [0.5, 0.6) is 11.6 Å². The molecule has 10 heteroatoms. The lowest BCUT2D eigenvalue weighted by Gasteiger charge is -2.07. The Morgan fingerprint density at radius 2 is 1.91 bits per heavy atom. The summed E-state index contributed by atoms with van der Waals surface area (Å²) in [7, 11) is 0. The molecule has 0 saturated carbocycles. The van der Waals surface area contributed by atoms with Gasteiger partial charge in [-0.3, -0.25) is 9.36 Å². The van der Waals surface area contributed by atoms with Crippen molar-refractivity contribution in [3.8, 4) is 27.3 Å². The Hall–Kier alpha value is -3.50. The summed E-state index contributed by atoms with van der Waals surface area (Å²) < 4.78 is 19.6. The SMILES string of the molecule is CCOC(=O)c1sc(-n2c(O)c(O)c(C(=O)c3ccc(F)cc3)c2-c2cccs2)nc1C. The first-order valence-electron chi connectivity index (χ1n) is 9.49. The lowest BCUT2D eigenvalue weighted by atomic mass is 10.0. The molecule has 164 valence electrons. The number of ketones is 1. The Labute approximate surface area is 190 Å². The van der Waals surface area contributed by atoms with Crippen molar-refractivity contribution >= 4 is 34.4 Å². The van der Waals surface area contributed by atoms with Gasteiger partial charge in [-0.25, -0.2) is 14.2 Å². The van der Waals surface area contributed by atoms with E-state index in [2.05, 4.69) is 4.98 Å². The van der Waals surface area contributed by atoms with Gasteiger partial charge in [-0.1, -0.05) is 17.4 Å². The smallest absolute Gasteiger partial charge is 0.350 e. The van der Waals surface area contributed by atoms with E-state index in [1.54, 1.807) is 31.4 Å². The third kappa shape index (κ3) is 3.67. The van der Waals surface area contributed by atoms with Crippen LogP contribution in [0.2, 0.25) is 0 Å². The second kappa shape index (κ2) is 8.56. The van der Waals surface area contributed by atoms with Gasteiger partial charge in [0.1, 0.15) is 10.7 Å². The van der Waals surface area contributed by atoms with Crippen molar-refractivity contribution in [2.45, 2.75) is 13.8 Å². The fourth-order valence-electron chi connectivity index (χ4n) is 3.21. The van der Waals surface area contributed by atoms with Gasteiger partial charge in [-0.15, -0.1) is 11.3 Å².